The van der Waals surface area contributed by atoms with E-state index in [1.165, 1.54) is 19.2 Å². The molecule has 6 nitrogen and oxygen atoms in total. The Morgan fingerprint density at radius 1 is 1.41 bits per heavy atom. The molecule has 1 heterocycles. The molecule has 2 aromatic rings. The number of hydrogen-bond donors (Lipinski definition) is 0. The Labute approximate surface area is 141 Å². The van der Waals surface area contributed by atoms with Gasteiger partial charge in [0.2, 0.25) is 5.88 Å². The average molecular weight is 413 g/mol. The van der Waals surface area contributed by atoms with Crippen molar-refractivity contribution in [2.75, 3.05) is 0 Å². The van der Waals surface area contributed by atoms with Gasteiger partial charge in [0.1, 0.15) is 10.2 Å². The maximum absolute atomic E-state index is 12.4. The Balaban J connectivity index is 2.62. The Bertz CT molecular complexity index is 776. The zero-order chi connectivity index (χ0) is 16.4. The number of azide groups is 1. The molecule has 0 N–H and O–H groups in total. The third-order valence-electron chi connectivity index (χ3n) is 2.58. The molecule has 0 spiro atoms. The summed E-state index contributed by atoms with van der Waals surface area (Å²) in [5.41, 5.74) is 9.24. The van der Waals surface area contributed by atoms with E-state index in [2.05, 4.69) is 35.8 Å². The highest BCUT2D eigenvalue weighted by Crippen LogP contribution is 2.42. The van der Waals surface area contributed by atoms with Gasteiger partial charge >= 0.3 is 6.61 Å². The van der Waals surface area contributed by atoms with Gasteiger partial charge in [-0.05, 0) is 33.6 Å². The summed E-state index contributed by atoms with van der Waals surface area (Å²) in [4.78, 5) is 2.65. The lowest BCUT2D eigenvalue weighted by atomic mass is 10.1. The van der Waals surface area contributed by atoms with E-state index in [1.807, 2.05) is 0 Å². The Kier molecular flexibility index (Phi) is 5.12. The molecule has 1 aromatic heterocycles. The summed E-state index contributed by atoms with van der Waals surface area (Å²) >= 11 is 15.1. The van der Waals surface area contributed by atoms with Crippen LogP contribution in [0.5, 0.6) is 5.88 Å². The van der Waals surface area contributed by atoms with Crippen LogP contribution >= 0.6 is 39.1 Å². The first-order valence-electron chi connectivity index (χ1n) is 5.57. The van der Waals surface area contributed by atoms with Crippen LogP contribution in [0.25, 0.3) is 21.7 Å². The number of nitrogens with zero attached hydrogens (tertiary/aromatic N) is 5. The molecule has 0 amide bonds. The predicted molar refractivity (Wildman–Crippen MR) is 81.8 cm³/mol. The summed E-state index contributed by atoms with van der Waals surface area (Å²) in [7, 11) is 1.43. The average Bonchev–Trinajstić information content (AvgIpc) is 2.69. The summed E-state index contributed by atoms with van der Waals surface area (Å²) < 4.78 is 30.5. The van der Waals surface area contributed by atoms with Crippen LogP contribution in [0.4, 0.5) is 14.5 Å². The topological polar surface area (TPSA) is 75.8 Å². The monoisotopic (exact) mass is 411 g/mol. The number of benzene rings is 1. The van der Waals surface area contributed by atoms with Crippen molar-refractivity contribution < 1.29 is 13.5 Å². The molecule has 11 heteroatoms. The quantitative estimate of drug-likeness (QED) is 0.367. The second-order valence-corrected chi connectivity index (χ2v) is 5.55. The van der Waals surface area contributed by atoms with Crippen LogP contribution < -0.4 is 4.74 Å². The van der Waals surface area contributed by atoms with Gasteiger partial charge in [0, 0.05) is 17.5 Å². The largest absolute Gasteiger partial charge is 0.416 e. The molecule has 0 bridgehead atoms. The van der Waals surface area contributed by atoms with Gasteiger partial charge in [-0.3, -0.25) is 0 Å². The van der Waals surface area contributed by atoms with Crippen molar-refractivity contribution in [1.29, 1.82) is 0 Å². The maximum atomic E-state index is 12.4. The summed E-state index contributed by atoms with van der Waals surface area (Å²) in [6.45, 7) is -3.00. The van der Waals surface area contributed by atoms with Gasteiger partial charge in [0.25, 0.3) is 0 Å². The lowest BCUT2D eigenvalue weighted by Gasteiger charge is -2.06. The fraction of sp³-hybridized carbons (Fsp3) is 0.182. The second-order valence-electron chi connectivity index (χ2n) is 3.94. The molecule has 0 saturated carbocycles. The highest BCUT2D eigenvalue weighted by Gasteiger charge is 2.22. The van der Waals surface area contributed by atoms with E-state index >= 15 is 0 Å². The van der Waals surface area contributed by atoms with Gasteiger partial charge in [0.15, 0.2) is 0 Å². The van der Waals surface area contributed by atoms with Crippen molar-refractivity contribution in [3.8, 4) is 17.1 Å². The first-order valence-corrected chi connectivity index (χ1v) is 7.11. The molecule has 0 unspecified atom stereocenters. The molecule has 0 saturated heterocycles. The smallest absolute Gasteiger partial charge is 0.388 e. The van der Waals surface area contributed by atoms with Gasteiger partial charge in [-0.15, -0.1) is 0 Å². The van der Waals surface area contributed by atoms with Crippen molar-refractivity contribution in [2.45, 2.75) is 6.61 Å². The van der Waals surface area contributed by atoms with Crippen molar-refractivity contribution in [1.82, 2.24) is 9.78 Å². The molecule has 2 rings (SSSR count). The number of alkyl halides is 2. The van der Waals surface area contributed by atoms with Crippen LogP contribution in [0.2, 0.25) is 10.0 Å². The normalized spacial score (nSPS) is 10.7. The van der Waals surface area contributed by atoms with E-state index in [0.717, 1.165) is 4.68 Å². The fourth-order valence-corrected chi connectivity index (χ4v) is 2.86. The number of halogens is 5. The van der Waals surface area contributed by atoms with Gasteiger partial charge < -0.3 is 4.74 Å². The number of aromatic nitrogens is 2. The summed E-state index contributed by atoms with van der Waals surface area (Å²) in [6, 6.07) is 2.78. The number of hydrogen-bond acceptors (Lipinski definition) is 3. The van der Waals surface area contributed by atoms with E-state index in [4.69, 9.17) is 28.7 Å². The summed E-state index contributed by atoms with van der Waals surface area (Å²) in [5.74, 6) is -0.165. The number of aryl methyl sites for hydroxylation is 1. The zero-order valence-corrected chi connectivity index (χ0v) is 13.9. The van der Waals surface area contributed by atoms with Crippen LogP contribution in [0.3, 0.4) is 0 Å². The Morgan fingerprint density at radius 3 is 2.68 bits per heavy atom. The SMILES string of the molecule is Cn1nc(-c2cc(N=[N+]=[N-])c(Cl)cc2Cl)c(Br)c1OC(F)F. The lowest BCUT2D eigenvalue weighted by Crippen LogP contribution is -2.06. The van der Waals surface area contributed by atoms with Crippen molar-refractivity contribution in [3.05, 3.63) is 37.1 Å². The van der Waals surface area contributed by atoms with Crippen molar-refractivity contribution in [2.24, 2.45) is 12.2 Å². The maximum Gasteiger partial charge on any atom is 0.388 e. The molecule has 0 aliphatic carbocycles. The molecular formula is C11H6BrCl2F2N5O. The predicted octanol–water partition coefficient (Wildman–Crippen LogP) is 5.70. The highest BCUT2D eigenvalue weighted by molar-refractivity contribution is 9.10. The minimum Gasteiger partial charge on any atom is -0.416 e. The molecule has 0 radical (unpaired) electrons. The molecule has 22 heavy (non-hydrogen) atoms. The molecule has 0 aliphatic rings. The summed E-state index contributed by atoms with van der Waals surface area (Å²) in [5, 5.41) is 7.87. The van der Waals surface area contributed by atoms with Crippen molar-refractivity contribution >= 4 is 44.8 Å². The molecule has 0 fully saturated rings. The number of rotatable bonds is 4. The molecule has 0 atom stereocenters. The number of ether oxygens (including phenoxy) is 1. The standard InChI is InChI=1S/C11H6BrCl2F2N5O/c1-21-10(22-11(15)16)8(12)9(19-21)4-2-7(18-20-17)6(14)3-5(4)13/h2-3,11H,1H3. The lowest BCUT2D eigenvalue weighted by molar-refractivity contribution is -0.0558. The van der Waals surface area contributed by atoms with Crippen LogP contribution in [-0.4, -0.2) is 16.4 Å². The van der Waals surface area contributed by atoms with Crippen LogP contribution in [-0.2, 0) is 7.05 Å². The van der Waals surface area contributed by atoms with E-state index < -0.39 is 6.61 Å². The van der Waals surface area contributed by atoms with E-state index in [0.29, 0.717) is 5.56 Å². The van der Waals surface area contributed by atoms with Crippen LogP contribution in [0.15, 0.2) is 21.7 Å². The van der Waals surface area contributed by atoms with Crippen molar-refractivity contribution in [3.63, 3.8) is 0 Å². The third-order valence-corrected chi connectivity index (χ3v) is 3.91. The third kappa shape index (κ3) is 3.27. The minimum absolute atomic E-state index is 0.137. The van der Waals surface area contributed by atoms with Gasteiger partial charge in [0.05, 0.1) is 15.7 Å². The second kappa shape index (κ2) is 6.70. The van der Waals surface area contributed by atoms with Gasteiger partial charge in [-0.2, -0.15) is 13.9 Å². The van der Waals surface area contributed by atoms with E-state index in [1.54, 1.807) is 0 Å². The fourth-order valence-electron chi connectivity index (χ4n) is 1.71. The summed E-state index contributed by atoms with van der Waals surface area (Å²) in [6.07, 6.45) is 0. The first-order chi connectivity index (χ1) is 10.3. The van der Waals surface area contributed by atoms with Crippen LogP contribution in [0.1, 0.15) is 0 Å². The Morgan fingerprint density at radius 2 is 2.09 bits per heavy atom. The minimum atomic E-state index is -3.00. The van der Waals surface area contributed by atoms with E-state index in [9.17, 15) is 8.78 Å². The van der Waals surface area contributed by atoms with E-state index in [-0.39, 0.29) is 31.8 Å². The van der Waals surface area contributed by atoms with Crippen LogP contribution in [0, 0.1) is 0 Å². The van der Waals surface area contributed by atoms with Gasteiger partial charge in [-0.1, -0.05) is 28.3 Å². The zero-order valence-electron chi connectivity index (χ0n) is 10.8. The molecule has 1 aromatic carbocycles. The molecule has 116 valence electrons. The first kappa shape index (κ1) is 16.8. The highest BCUT2D eigenvalue weighted by atomic mass is 79.9. The molecule has 0 aliphatic heterocycles. The Hall–Kier alpha value is -1.54. The van der Waals surface area contributed by atoms with Gasteiger partial charge in [-0.25, -0.2) is 4.68 Å². The molecular weight excluding hydrogens is 407 g/mol.